The quantitative estimate of drug-likeness (QED) is 0.373. The van der Waals surface area contributed by atoms with Crippen LogP contribution in [0.5, 0.6) is 5.75 Å². The van der Waals surface area contributed by atoms with Crippen molar-refractivity contribution in [1.82, 2.24) is 5.43 Å². The molecular formula is C13H11FN2O4. The average Bonchev–Trinajstić information content (AvgIpc) is 2.93. The standard InChI is InChI=1S/C13H11FN2O4/c14-10-5-8(6-17)1-2-11(10)20-7-9-3-4-19-12(9)13(18)16-15/h1-6H,7,15H2,(H,16,18). The second-order valence-corrected chi connectivity index (χ2v) is 3.84. The van der Waals surface area contributed by atoms with Crippen LogP contribution in [0.4, 0.5) is 4.39 Å². The van der Waals surface area contributed by atoms with E-state index in [1.807, 2.05) is 5.43 Å². The molecule has 0 bridgehead atoms. The second-order valence-electron chi connectivity index (χ2n) is 3.84. The first-order valence-corrected chi connectivity index (χ1v) is 5.60. The van der Waals surface area contributed by atoms with Gasteiger partial charge in [-0.25, -0.2) is 10.2 Å². The minimum absolute atomic E-state index is 0.00239. The molecule has 0 saturated carbocycles. The molecule has 20 heavy (non-hydrogen) atoms. The highest BCUT2D eigenvalue weighted by molar-refractivity contribution is 5.92. The average molecular weight is 278 g/mol. The molecule has 104 valence electrons. The van der Waals surface area contributed by atoms with Gasteiger partial charge in [0.15, 0.2) is 17.3 Å². The molecule has 0 spiro atoms. The van der Waals surface area contributed by atoms with E-state index >= 15 is 0 Å². The number of hydrazine groups is 1. The maximum absolute atomic E-state index is 13.6. The fourth-order valence-electron chi connectivity index (χ4n) is 1.58. The predicted molar refractivity (Wildman–Crippen MR) is 66.5 cm³/mol. The minimum Gasteiger partial charge on any atom is -0.486 e. The van der Waals surface area contributed by atoms with Crippen LogP contribution in [0.25, 0.3) is 0 Å². The van der Waals surface area contributed by atoms with Crippen molar-refractivity contribution in [3.8, 4) is 5.75 Å². The van der Waals surface area contributed by atoms with Gasteiger partial charge in [-0.05, 0) is 24.3 Å². The van der Waals surface area contributed by atoms with E-state index in [2.05, 4.69) is 0 Å². The van der Waals surface area contributed by atoms with E-state index in [-0.39, 0.29) is 23.7 Å². The van der Waals surface area contributed by atoms with E-state index in [1.165, 1.54) is 24.5 Å². The van der Waals surface area contributed by atoms with Crippen molar-refractivity contribution in [2.75, 3.05) is 0 Å². The molecule has 2 aromatic rings. The maximum atomic E-state index is 13.6. The fourth-order valence-corrected chi connectivity index (χ4v) is 1.58. The smallest absolute Gasteiger partial charge is 0.301 e. The number of halogens is 1. The van der Waals surface area contributed by atoms with Crippen molar-refractivity contribution >= 4 is 12.2 Å². The Morgan fingerprint density at radius 3 is 2.90 bits per heavy atom. The number of ether oxygens (including phenoxy) is 1. The number of amides is 1. The third-order valence-corrected chi connectivity index (χ3v) is 2.56. The van der Waals surface area contributed by atoms with Gasteiger partial charge < -0.3 is 9.15 Å². The van der Waals surface area contributed by atoms with Gasteiger partial charge >= 0.3 is 5.91 Å². The van der Waals surface area contributed by atoms with Crippen LogP contribution in [-0.4, -0.2) is 12.2 Å². The number of benzene rings is 1. The summed E-state index contributed by atoms with van der Waals surface area (Å²) >= 11 is 0. The molecule has 0 aliphatic heterocycles. The number of hydrogen-bond acceptors (Lipinski definition) is 5. The zero-order valence-electron chi connectivity index (χ0n) is 10.3. The number of carbonyl (C=O) groups excluding carboxylic acids is 2. The van der Waals surface area contributed by atoms with Crippen LogP contribution in [-0.2, 0) is 6.61 Å². The summed E-state index contributed by atoms with van der Waals surface area (Å²) in [4.78, 5) is 21.8. The van der Waals surface area contributed by atoms with Crippen molar-refractivity contribution in [2.24, 2.45) is 5.84 Å². The van der Waals surface area contributed by atoms with E-state index < -0.39 is 11.7 Å². The van der Waals surface area contributed by atoms with Crippen LogP contribution in [0.15, 0.2) is 34.9 Å². The van der Waals surface area contributed by atoms with E-state index in [9.17, 15) is 14.0 Å². The van der Waals surface area contributed by atoms with E-state index in [4.69, 9.17) is 15.0 Å². The Hall–Kier alpha value is -2.67. The monoisotopic (exact) mass is 278 g/mol. The molecule has 0 aliphatic rings. The number of furan rings is 1. The Labute approximate surface area is 113 Å². The van der Waals surface area contributed by atoms with Crippen LogP contribution in [0.1, 0.15) is 26.5 Å². The Morgan fingerprint density at radius 2 is 2.25 bits per heavy atom. The summed E-state index contributed by atoms with van der Waals surface area (Å²) in [6.07, 6.45) is 1.84. The molecule has 3 N–H and O–H groups in total. The SMILES string of the molecule is NNC(=O)c1occc1COc1ccc(C=O)cc1F. The molecule has 2 rings (SSSR count). The van der Waals surface area contributed by atoms with E-state index in [1.54, 1.807) is 0 Å². The topological polar surface area (TPSA) is 94.6 Å². The molecule has 6 nitrogen and oxygen atoms in total. The third kappa shape index (κ3) is 2.83. The lowest BCUT2D eigenvalue weighted by Gasteiger charge is -2.07. The Kier molecular flexibility index (Phi) is 4.11. The molecule has 0 fully saturated rings. The highest BCUT2D eigenvalue weighted by Gasteiger charge is 2.15. The van der Waals surface area contributed by atoms with Crippen LogP contribution >= 0.6 is 0 Å². The lowest BCUT2D eigenvalue weighted by atomic mass is 10.2. The lowest BCUT2D eigenvalue weighted by molar-refractivity contribution is 0.0922. The van der Waals surface area contributed by atoms with Gasteiger partial charge in [0.05, 0.1) is 6.26 Å². The molecular weight excluding hydrogens is 267 g/mol. The van der Waals surface area contributed by atoms with Gasteiger partial charge in [-0.1, -0.05) is 0 Å². The largest absolute Gasteiger partial charge is 0.486 e. The van der Waals surface area contributed by atoms with Crippen molar-refractivity contribution in [3.05, 3.63) is 53.2 Å². The number of rotatable bonds is 5. The summed E-state index contributed by atoms with van der Waals surface area (Å²) in [5, 5.41) is 0. The molecule has 1 aromatic carbocycles. The third-order valence-electron chi connectivity index (χ3n) is 2.56. The van der Waals surface area contributed by atoms with Crippen LogP contribution in [0.3, 0.4) is 0 Å². The van der Waals surface area contributed by atoms with E-state index in [0.29, 0.717) is 11.8 Å². The van der Waals surface area contributed by atoms with Crippen LogP contribution < -0.4 is 16.0 Å². The van der Waals surface area contributed by atoms with Gasteiger partial charge in [0.1, 0.15) is 12.9 Å². The molecule has 7 heteroatoms. The Balaban J connectivity index is 2.11. The van der Waals surface area contributed by atoms with Crippen molar-refractivity contribution in [2.45, 2.75) is 6.61 Å². The van der Waals surface area contributed by atoms with Gasteiger partial charge in [-0.3, -0.25) is 15.0 Å². The number of nitrogen functional groups attached to an aromatic ring is 1. The number of hydrogen-bond donors (Lipinski definition) is 2. The van der Waals surface area contributed by atoms with Crippen LogP contribution in [0.2, 0.25) is 0 Å². The first-order chi connectivity index (χ1) is 9.65. The summed E-state index contributed by atoms with van der Waals surface area (Å²) in [6.45, 7) is -0.0728. The van der Waals surface area contributed by atoms with Gasteiger partial charge in [-0.15, -0.1) is 0 Å². The number of nitrogens with two attached hydrogens (primary N) is 1. The highest BCUT2D eigenvalue weighted by atomic mass is 19.1. The lowest BCUT2D eigenvalue weighted by Crippen LogP contribution is -2.30. The predicted octanol–water partition coefficient (Wildman–Crippen LogP) is 1.41. The first-order valence-electron chi connectivity index (χ1n) is 5.60. The fraction of sp³-hybridized carbons (Fsp3) is 0.0769. The second kappa shape index (κ2) is 5.98. The Bertz CT molecular complexity index is 639. The summed E-state index contributed by atoms with van der Waals surface area (Å²) in [6, 6.07) is 5.34. The molecule has 0 aliphatic carbocycles. The van der Waals surface area contributed by atoms with Crippen molar-refractivity contribution < 1.29 is 23.1 Å². The molecule has 1 heterocycles. The normalized spacial score (nSPS) is 10.1. The molecule has 0 radical (unpaired) electrons. The number of carbonyl (C=O) groups is 2. The van der Waals surface area contributed by atoms with Crippen molar-refractivity contribution in [1.29, 1.82) is 0 Å². The van der Waals surface area contributed by atoms with Gasteiger partial charge in [0.2, 0.25) is 0 Å². The summed E-state index contributed by atoms with van der Waals surface area (Å²) in [5.41, 5.74) is 2.56. The molecule has 1 aromatic heterocycles. The number of nitrogens with one attached hydrogen (secondary N) is 1. The molecule has 0 saturated heterocycles. The van der Waals surface area contributed by atoms with Gasteiger partial charge in [-0.2, -0.15) is 0 Å². The molecule has 0 unspecified atom stereocenters. The molecule has 0 atom stereocenters. The zero-order valence-corrected chi connectivity index (χ0v) is 10.3. The highest BCUT2D eigenvalue weighted by Crippen LogP contribution is 2.20. The summed E-state index contributed by atoms with van der Waals surface area (Å²) in [7, 11) is 0. The zero-order chi connectivity index (χ0) is 14.5. The van der Waals surface area contributed by atoms with Gasteiger partial charge in [0.25, 0.3) is 0 Å². The number of aldehydes is 1. The minimum atomic E-state index is -0.664. The first kappa shape index (κ1) is 13.8. The van der Waals surface area contributed by atoms with E-state index in [0.717, 1.165) is 6.07 Å². The molecule has 1 amide bonds. The maximum Gasteiger partial charge on any atom is 0.301 e. The summed E-state index contributed by atoms with van der Waals surface area (Å²) < 4.78 is 23.8. The van der Waals surface area contributed by atoms with Crippen LogP contribution in [0, 0.1) is 5.82 Å². The Morgan fingerprint density at radius 1 is 1.45 bits per heavy atom. The van der Waals surface area contributed by atoms with Crippen molar-refractivity contribution in [3.63, 3.8) is 0 Å². The summed E-state index contributed by atoms with van der Waals surface area (Å²) in [5.74, 6) is 3.70. The van der Waals surface area contributed by atoms with Gasteiger partial charge in [0, 0.05) is 11.1 Å².